The van der Waals surface area contributed by atoms with E-state index in [-0.39, 0.29) is 0 Å². The Labute approximate surface area is 92.6 Å². The van der Waals surface area contributed by atoms with Gasteiger partial charge in [0.1, 0.15) is 0 Å². The van der Waals surface area contributed by atoms with Gasteiger partial charge in [-0.05, 0) is 12.1 Å². The molecule has 0 fully saturated rings. The minimum absolute atomic E-state index is 0.896. The number of aromatic nitrogens is 4. The first kappa shape index (κ1) is 9.03. The van der Waals surface area contributed by atoms with Gasteiger partial charge in [-0.15, -0.1) is 0 Å². The molecule has 0 bridgehead atoms. The molecule has 16 heavy (non-hydrogen) atoms. The highest BCUT2D eigenvalue weighted by atomic mass is 15.3. The van der Waals surface area contributed by atoms with E-state index in [0.29, 0.717) is 0 Å². The maximum Gasteiger partial charge on any atom is 0.157 e. The zero-order chi connectivity index (χ0) is 11.0. The van der Waals surface area contributed by atoms with E-state index in [1.54, 1.807) is 10.9 Å². The Balaban J connectivity index is 2.19. The van der Waals surface area contributed by atoms with E-state index in [4.69, 9.17) is 0 Å². The molecule has 0 saturated heterocycles. The third-order valence-electron chi connectivity index (χ3n) is 2.57. The highest BCUT2D eigenvalue weighted by Gasteiger charge is 2.03. The van der Waals surface area contributed by atoms with Gasteiger partial charge in [-0.2, -0.15) is 5.10 Å². The summed E-state index contributed by atoms with van der Waals surface area (Å²) < 4.78 is 1.77. The van der Waals surface area contributed by atoms with E-state index in [1.807, 2.05) is 37.8 Å². The summed E-state index contributed by atoms with van der Waals surface area (Å²) in [7, 11) is 1.89. The molecular formula is C12H10N4. The van der Waals surface area contributed by atoms with E-state index in [9.17, 15) is 0 Å². The van der Waals surface area contributed by atoms with Crippen molar-refractivity contribution in [2.24, 2.45) is 7.05 Å². The SMILES string of the molecule is Cn1ncc2cc(-c3cccnc3)cnc21. The molecule has 0 aromatic carbocycles. The standard InChI is InChI=1S/C12H10N4/c1-16-12-11(8-15-16)5-10(7-14-12)9-3-2-4-13-6-9/h2-8H,1H3. The molecule has 0 unspecified atom stereocenters. The summed E-state index contributed by atoms with van der Waals surface area (Å²) in [5.74, 6) is 0. The zero-order valence-electron chi connectivity index (χ0n) is 8.83. The number of pyridine rings is 2. The molecule has 0 aliphatic rings. The Hall–Kier alpha value is -2.23. The van der Waals surface area contributed by atoms with E-state index in [0.717, 1.165) is 22.2 Å². The fourth-order valence-electron chi connectivity index (χ4n) is 1.73. The third kappa shape index (κ3) is 1.35. The summed E-state index contributed by atoms with van der Waals surface area (Å²) in [5, 5.41) is 5.21. The summed E-state index contributed by atoms with van der Waals surface area (Å²) in [6, 6.07) is 6.02. The first-order valence-corrected chi connectivity index (χ1v) is 5.03. The van der Waals surface area contributed by atoms with E-state index in [2.05, 4.69) is 21.1 Å². The Bertz CT molecular complexity index is 628. The average Bonchev–Trinajstić information content (AvgIpc) is 2.72. The lowest BCUT2D eigenvalue weighted by Crippen LogP contribution is -1.91. The fraction of sp³-hybridized carbons (Fsp3) is 0.0833. The molecule has 4 nitrogen and oxygen atoms in total. The van der Waals surface area contributed by atoms with Gasteiger partial charge in [0.25, 0.3) is 0 Å². The molecule has 0 saturated carbocycles. The van der Waals surface area contributed by atoms with Crippen LogP contribution in [-0.2, 0) is 7.05 Å². The number of hydrogen-bond acceptors (Lipinski definition) is 3. The minimum atomic E-state index is 0.896. The highest BCUT2D eigenvalue weighted by Crippen LogP contribution is 2.21. The highest BCUT2D eigenvalue weighted by molar-refractivity contribution is 5.80. The van der Waals surface area contributed by atoms with Crippen molar-refractivity contribution in [1.82, 2.24) is 19.7 Å². The Morgan fingerprint density at radius 1 is 1.12 bits per heavy atom. The van der Waals surface area contributed by atoms with E-state index >= 15 is 0 Å². The smallest absolute Gasteiger partial charge is 0.157 e. The molecule has 3 rings (SSSR count). The normalized spacial score (nSPS) is 10.8. The third-order valence-corrected chi connectivity index (χ3v) is 2.57. The second kappa shape index (κ2) is 3.41. The first-order chi connectivity index (χ1) is 7.84. The fourth-order valence-corrected chi connectivity index (χ4v) is 1.73. The molecule has 3 aromatic rings. The molecule has 0 atom stereocenters. The molecule has 0 aliphatic carbocycles. The molecule has 0 spiro atoms. The van der Waals surface area contributed by atoms with E-state index in [1.165, 1.54) is 0 Å². The average molecular weight is 210 g/mol. The zero-order valence-corrected chi connectivity index (χ0v) is 8.83. The lowest BCUT2D eigenvalue weighted by atomic mass is 10.1. The quantitative estimate of drug-likeness (QED) is 0.617. The van der Waals surface area contributed by atoms with Crippen LogP contribution in [0.15, 0.2) is 43.0 Å². The van der Waals surface area contributed by atoms with Gasteiger partial charge in [0.05, 0.1) is 6.20 Å². The second-order valence-corrected chi connectivity index (χ2v) is 3.65. The largest absolute Gasteiger partial charge is 0.264 e. The van der Waals surface area contributed by atoms with Crippen LogP contribution in [0.1, 0.15) is 0 Å². The lowest BCUT2D eigenvalue weighted by molar-refractivity contribution is 0.786. The molecule has 0 N–H and O–H groups in total. The minimum Gasteiger partial charge on any atom is -0.264 e. The van der Waals surface area contributed by atoms with Crippen molar-refractivity contribution in [1.29, 1.82) is 0 Å². The Morgan fingerprint density at radius 3 is 2.88 bits per heavy atom. The summed E-state index contributed by atoms with van der Waals surface area (Å²) >= 11 is 0. The molecule has 0 aliphatic heterocycles. The molecular weight excluding hydrogens is 200 g/mol. The molecule has 3 aromatic heterocycles. The van der Waals surface area contributed by atoms with Gasteiger partial charge in [-0.25, -0.2) is 4.98 Å². The van der Waals surface area contributed by atoms with Crippen LogP contribution < -0.4 is 0 Å². The number of rotatable bonds is 1. The second-order valence-electron chi connectivity index (χ2n) is 3.65. The van der Waals surface area contributed by atoms with Gasteiger partial charge in [0.2, 0.25) is 0 Å². The van der Waals surface area contributed by atoms with Crippen molar-refractivity contribution in [3.63, 3.8) is 0 Å². The van der Waals surface area contributed by atoms with Crippen LogP contribution in [-0.4, -0.2) is 19.7 Å². The topological polar surface area (TPSA) is 43.6 Å². The van der Waals surface area contributed by atoms with Crippen LogP contribution >= 0.6 is 0 Å². The van der Waals surface area contributed by atoms with Gasteiger partial charge in [-0.3, -0.25) is 9.67 Å². The molecule has 0 amide bonds. The van der Waals surface area contributed by atoms with Crippen LogP contribution in [0, 0.1) is 0 Å². The molecule has 78 valence electrons. The van der Waals surface area contributed by atoms with Gasteiger partial charge >= 0.3 is 0 Å². The summed E-state index contributed by atoms with van der Waals surface area (Å²) in [6.07, 6.45) is 7.27. The van der Waals surface area contributed by atoms with Crippen molar-refractivity contribution in [2.75, 3.05) is 0 Å². The van der Waals surface area contributed by atoms with Crippen LogP contribution in [0.2, 0.25) is 0 Å². The molecule has 0 radical (unpaired) electrons. The summed E-state index contributed by atoms with van der Waals surface area (Å²) in [4.78, 5) is 8.49. The van der Waals surface area contributed by atoms with Gasteiger partial charge in [0.15, 0.2) is 5.65 Å². The van der Waals surface area contributed by atoms with Crippen molar-refractivity contribution in [3.05, 3.63) is 43.0 Å². The number of aryl methyl sites for hydroxylation is 1. The van der Waals surface area contributed by atoms with Crippen molar-refractivity contribution >= 4 is 11.0 Å². The van der Waals surface area contributed by atoms with Gasteiger partial charge in [0, 0.05) is 42.2 Å². The predicted molar refractivity (Wildman–Crippen MR) is 61.7 cm³/mol. The number of nitrogens with zero attached hydrogens (tertiary/aromatic N) is 4. The molecule has 3 heterocycles. The van der Waals surface area contributed by atoms with Crippen LogP contribution in [0.4, 0.5) is 0 Å². The monoisotopic (exact) mass is 210 g/mol. The predicted octanol–water partition coefficient (Wildman–Crippen LogP) is 2.03. The lowest BCUT2D eigenvalue weighted by Gasteiger charge is -2.00. The number of hydrogen-bond donors (Lipinski definition) is 0. The van der Waals surface area contributed by atoms with Crippen molar-refractivity contribution in [2.45, 2.75) is 0 Å². The Kier molecular flexibility index (Phi) is 1.93. The summed E-state index contributed by atoms with van der Waals surface area (Å²) in [6.45, 7) is 0. The van der Waals surface area contributed by atoms with Gasteiger partial charge < -0.3 is 0 Å². The van der Waals surface area contributed by atoms with Crippen LogP contribution in [0.5, 0.6) is 0 Å². The van der Waals surface area contributed by atoms with Crippen LogP contribution in [0.3, 0.4) is 0 Å². The summed E-state index contributed by atoms with van der Waals surface area (Å²) in [5.41, 5.74) is 3.03. The maximum absolute atomic E-state index is 4.39. The van der Waals surface area contributed by atoms with Gasteiger partial charge in [-0.1, -0.05) is 6.07 Å². The Morgan fingerprint density at radius 2 is 2.06 bits per heavy atom. The van der Waals surface area contributed by atoms with Crippen LogP contribution in [0.25, 0.3) is 22.2 Å². The van der Waals surface area contributed by atoms with E-state index < -0.39 is 0 Å². The van der Waals surface area contributed by atoms with Crippen molar-refractivity contribution < 1.29 is 0 Å². The van der Waals surface area contributed by atoms with Crippen molar-refractivity contribution in [3.8, 4) is 11.1 Å². The maximum atomic E-state index is 4.39. The molecule has 4 heteroatoms. The number of fused-ring (bicyclic) bond motifs is 1. The first-order valence-electron chi connectivity index (χ1n) is 5.03.